The summed E-state index contributed by atoms with van der Waals surface area (Å²) in [6, 6.07) is 0. The lowest BCUT2D eigenvalue weighted by Crippen LogP contribution is -2.21. The number of hydrogen-bond acceptors (Lipinski definition) is 3. The number of thiol groups is 1. The average molecular weight is 292 g/mol. The van der Waals surface area contributed by atoms with E-state index < -0.39 is 15.6 Å². The van der Waals surface area contributed by atoms with Crippen LogP contribution in [0.2, 0.25) is 0 Å². The second kappa shape index (κ2) is 5.36. The third-order valence-corrected chi connectivity index (χ3v) is 4.47. The largest absolute Gasteiger partial charge is 0.522 e. The molecule has 2 aliphatic rings. The van der Waals surface area contributed by atoms with Crippen molar-refractivity contribution in [3.05, 3.63) is 0 Å². The summed E-state index contributed by atoms with van der Waals surface area (Å²) in [6.45, 7) is 0. The van der Waals surface area contributed by atoms with E-state index >= 15 is 0 Å². The molecule has 2 aliphatic carbocycles. The van der Waals surface area contributed by atoms with Gasteiger partial charge in [-0.2, -0.15) is 34.2 Å². The molecule has 0 radical (unpaired) electrons. The van der Waals surface area contributed by atoms with Crippen LogP contribution in [0, 0.1) is 17.8 Å². The fraction of sp³-hybridized carbons (Fsp3) is 1.00. The maximum atomic E-state index is 10.7. The number of hydrogen-bond donors (Lipinski definition) is 2. The first-order chi connectivity index (χ1) is 7.65. The Morgan fingerprint density at radius 3 is 1.94 bits per heavy atom. The van der Waals surface area contributed by atoms with Gasteiger partial charge in [-0.1, -0.05) is 6.42 Å². The highest BCUT2D eigenvalue weighted by molar-refractivity contribution is 7.86. The molecule has 2 bridgehead atoms. The molecule has 1 N–H and O–H groups in total. The lowest BCUT2D eigenvalue weighted by Gasteiger charge is -2.18. The minimum absolute atomic E-state index is 0.993. The third kappa shape index (κ3) is 4.03. The van der Waals surface area contributed by atoms with E-state index in [2.05, 4.69) is 12.6 Å². The Kier molecular flexibility index (Phi) is 4.76. The van der Waals surface area contributed by atoms with Crippen molar-refractivity contribution in [2.75, 3.05) is 5.75 Å². The van der Waals surface area contributed by atoms with Crippen LogP contribution in [0.15, 0.2) is 0 Å². The van der Waals surface area contributed by atoms with Gasteiger partial charge in [-0.05, 0) is 42.8 Å². The molecule has 102 valence electrons. The Balaban J connectivity index is 0.000000172. The molecule has 2 saturated carbocycles. The molecule has 3 nitrogen and oxygen atoms in total. The molecule has 17 heavy (non-hydrogen) atoms. The molecule has 8 heteroatoms. The zero-order valence-electron chi connectivity index (χ0n) is 9.02. The van der Waals surface area contributed by atoms with Crippen LogP contribution < -0.4 is 0 Å². The fourth-order valence-electron chi connectivity index (χ4n) is 2.60. The van der Waals surface area contributed by atoms with Crippen LogP contribution >= 0.6 is 12.6 Å². The van der Waals surface area contributed by atoms with Crippen molar-refractivity contribution in [2.45, 2.75) is 31.2 Å². The first kappa shape index (κ1) is 15.1. The maximum absolute atomic E-state index is 10.7. The minimum Gasteiger partial charge on any atom is -0.279 e. The predicted octanol–water partition coefficient (Wildman–Crippen LogP) is 2.75. The van der Waals surface area contributed by atoms with Crippen molar-refractivity contribution in [3.63, 3.8) is 0 Å². The predicted molar refractivity (Wildman–Crippen MR) is 60.4 cm³/mol. The SMILES string of the molecule is O=S(=O)(O)C(F)(F)F.SCC1CC2CCC1C2. The van der Waals surface area contributed by atoms with Crippen LogP contribution in [-0.2, 0) is 10.1 Å². The molecular formula is C9H15F3O3S2. The molecule has 0 spiro atoms. The summed E-state index contributed by atoms with van der Waals surface area (Å²) in [5, 5.41) is 0. The molecule has 0 heterocycles. The minimum atomic E-state index is -5.84. The van der Waals surface area contributed by atoms with Crippen molar-refractivity contribution in [1.82, 2.24) is 0 Å². The first-order valence-electron chi connectivity index (χ1n) is 5.29. The normalized spacial score (nSPS) is 32.2. The second-order valence-electron chi connectivity index (χ2n) is 4.54. The van der Waals surface area contributed by atoms with Gasteiger partial charge in [-0.3, -0.25) is 4.55 Å². The van der Waals surface area contributed by atoms with Crippen LogP contribution in [0.4, 0.5) is 13.2 Å². The summed E-state index contributed by atoms with van der Waals surface area (Å²) >= 11 is 4.35. The molecule has 3 atom stereocenters. The summed E-state index contributed by atoms with van der Waals surface area (Å²) in [4.78, 5) is 0. The van der Waals surface area contributed by atoms with Gasteiger partial charge in [-0.25, -0.2) is 0 Å². The summed E-state index contributed by atoms with van der Waals surface area (Å²) in [5.41, 5.74) is -5.53. The van der Waals surface area contributed by atoms with Crippen LogP contribution in [-0.4, -0.2) is 24.2 Å². The van der Waals surface area contributed by atoms with Gasteiger partial charge in [0, 0.05) is 0 Å². The Labute approximate surface area is 104 Å². The number of alkyl halides is 3. The molecule has 2 fully saturated rings. The highest BCUT2D eigenvalue weighted by atomic mass is 32.2. The van der Waals surface area contributed by atoms with Crippen LogP contribution in [0.5, 0.6) is 0 Å². The highest BCUT2D eigenvalue weighted by Gasteiger charge is 2.44. The molecule has 0 aromatic carbocycles. The van der Waals surface area contributed by atoms with E-state index in [1.165, 1.54) is 25.7 Å². The van der Waals surface area contributed by atoms with Gasteiger partial charge in [0.05, 0.1) is 0 Å². The van der Waals surface area contributed by atoms with Gasteiger partial charge in [0.2, 0.25) is 0 Å². The number of rotatable bonds is 1. The zero-order chi connectivity index (χ0) is 13.3. The van der Waals surface area contributed by atoms with Gasteiger partial charge in [0.25, 0.3) is 0 Å². The van der Waals surface area contributed by atoms with Crippen LogP contribution in [0.1, 0.15) is 25.7 Å². The van der Waals surface area contributed by atoms with E-state index in [-0.39, 0.29) is 0 Å². The van der Waals surface area contributed by atoms with Crippen molar-refractivity contribution >= 4 is 22.7 Å². The maximum Gasteiger partial charge on any atom is 0.522 e. The second-order valence-corrected chi connectivity index (χ2v) is 6.32. The van der Waals surface area contributed by atoms with Gasteiger partial charge >= 0.3 is 15.6 Å². The quantitative estimate of drug-likeness (QED) is 0.444. The molecule has 0 amide bonds. The number of halogens is 3. The standard InChI is InChI=1S/C8H14S.CHF3O3S/c9-5-8-4-6-1-2-7(8)3-6;2-1(3,4)8(5,6)7/h6-9H,1-5H2;(H,5,6,7). The summed E-state index contributed by atoms with van der Waals surface area (Å²) in [6.07, 6.45) is 6.06. The van der Waals surface area contributed by atoms with E-state index in [0.29, 0.717) is 0 Å². The van der Waals surface area contributed by atoms with E-state index in [9.17, 15) is 13.2 Å². The molecule has 3 unspecified atom stereocenters. The van der Waals surface area contributed by atoms with E-state index in [1.54, 1.807) is 0 Å². The van der Waals surface area contributed by atoms with Gasteiger partial charge in [-0.15, -0.1) is 0 Å². The van der Waals surface area contributed by atoms with Crippen molar-refractivity contribution in [1.29, 1.82) is 0 Å². The van der Waals surface area contributed by atoms with Crippen molar-refractivity contribution in [2.24, 2.45) is 17.8 Å². The van der Waals surface area contributed by atoms with E-state index in [1.807, 2.05) is 0 Å². The molecule has 0 aromatic heterocycles. The van der Waals surface area contributed by atoms with Crippen molar-refractivity contribution in [3.8, 4) is 0 Å². The van der Waals surface area contributed by atoms with Crippen molar-refractivity contribution < 1.29 is 26.1 Å². The Hall–Kier alpha value is 0.0500. The Morgan fingerprint density at radius 2 is 1.76 bits per heavy atom. The molecule has 0 aliphatic heterocycles. The fourth-order valence-corrected chi connectivity index (χ4v) is 3.05. The summed E-state index contributed by atoms with van der Waals surface area (Å²) in [5.74, 6) is 4.31. The Bertz CT molecular complexity index is 353. The monoisotopic (exact) mass is 292 g/mol. The third-order valence-electron chi connectivity index (χ3n) is 3.41. The highest BCUT2D eigenvalue weighted by Crippen LogP contribution is 2.48. The lowest BCUT2D eigenvalue weighted by atomic mass is 9.90. The van der Waals surface area contributed by atoms with Gasteiger partial charge in [0.15, 0.2) is 0 Å². The van der Waals surface area contributed by atoms with Gasteiger partial charge < -0.3 is 0 Å². The first-order valence-corrected chi connectivity index (χ1v) is 7.37. The number of fused-ring (bicyclic) bond motifs is 2. The van der Waals surface area contributed by atoms with Gasteiger partial charge in [0.1, 0.15) is 0 Å². The molecule has 2 rings (SSSR count). The van der Waals surface area contributed by atoms with Crippen LogP contribution in [0.3, 0.4) is 0 Å². The zero-order valence-corrected chi connectivity index (χ0v) is 10.7. The molecule has 0 aromatic rings. The summed E-state index contributed by atoms with van der Waals surface area (Å²) < 4.78 is 57.5. The van der Waals surface area contributed by atoms with E-state index in [0.717, 1.165) is 23.5 Å². The van der Waals surface area contributed by atoms with Crippen LogP contribution in [0.25, 0.3) is 0 Å². The smallest absolute Gasteiger partial charge is 0.279 e. The van der Waals surface area contributed by atoms with E-state index in [4.69, 9.17) is 13.0 Å². The lowest BCUT2D eigenvalue weighted by molar-refractivity contribution is -0.0510. The molecular weight excluding hydrogens is 277 g/mol. The Morgan fingerprint density at radius 1 is 1.24 bits per heavy atom. The molecule has 0 saturated heterocycles. The average Bonchev–Trinajstić information content (AvgIpc) is 2.75. The topological polar surface area (TPSA) is 54.4 Å². The summed E-state index contributed by atoms with van der Waals surface area (Å²) in [7, 11) is -5.84.